The molecule has 0 aliphatic heterocycles. The first-order valence-electron chi connectivity index (χ1n) is 5.57. The van der Waals surface area contributed by atoms with Crippen LogP contribution in [0.15, 0.2) is 18.2 Å². The molecular weight excluding hydrogens is 246 g/mol. The van der Waals surface area contributed by atoms with E-state index in [0.29, 0.717) is 10.9 Å². The van der Waals surface area contributed by atoms with Gasteiger partial charge in [0.2, 0.25) is 0 Å². The number of benzene rings is 1. The summed E-state index contributed by atoms with van der Waals surface area (Å²) in [6, 6.07) is 4.57. The van der Waals surface area contributed by atoms with Gasteiger partial charge in [0.15, 0.2) is 0 Å². The van der Waals surface area contributed by atoms with Crippen LogP contribution >= 0.6 is 23.2 Å². The second kappa shape index (κ2) is 5.88. The monoisotopic (exact) mass is 262 g/mol. The minimum atomic E-state index is -0.293. The van der Waals surface area contributed by atoms with Crippen LogP contribution < -0.4 is 0 Å². The lowest BCUT2D eigenvalue weighted by Gasteiger charge is -2.29. The van der Waals surface area contributed by atoms with Gasteiger partial charge in [-0.05, 0) is 42.4 Å². The van der Waals surface area contributed by atoms with Crippen molar-refractivity contribution in [1.29, 1.82) is 0 Å². The molecule has 0 fully saturated rings. The molecule has 0 radical (unpaired) electrons. The molecule has 0 bridgehead atoms. The van der Waals surface area contributed by atoms with E-state index in [-0.39, 0.29) is 11.2 Å². The maximum Gasteiger partial charge on any atom is 0.124 e. The molecule has 1 aromatic rings. The van der Waals surface area contributed by atoms with Crippen molar-refractivity contribution in [3.63, 3.8) is 0 Å². The SMILES string of the molecule is CCC(CC)(CCl)Cc1ccc(F)cc1Cl. The van der Waals surface area contributed by atoms with Crippen LogP contribution in [-0.4, -0.2) is 5.88 Å². The maximum absolute atomic E-state index is 12.9. The fourth-order valence-corrected chi connectivity index (χ4v) is 2.51. The molecule has 90 valence electrons. The molecule has 3 heteroatoms. The number of hydrogen-bond acceptors (Lipinski definition) is 0. The Morgan fingerprint density at radius 2 is 1.88 bits per heavy atom. The highest BCUT2D eigenvalue weighted by molar-refractivity contribution is 6.31. The van der Waals surface area contributed by atoms with Crippen LogP contribution in [0, 0.1) is 11.2 Å². The molecule has 0 aliphatic rings. The van der Waals surface area contributed by atoms with Gasteiger partial charge in [-0.2, -0.15) is 0 Å². The van der Waals surface area contributed by atoms with Crippen LogP contribution in [-0.2, 0) is 6.42 Å². The number of halogens is 3. The van der Waals surface area contributed by atoms with E-state index in [1.165, 1.54) is 12.1 Å². The van der Waals surface area contributed by atoms with Gasteiger partial charge in [0.25, 0.3) is 0 Å². The van der Waals surface area contributed by atoms with Gasteiger partial charge in [-0.15, -0.1) is 11.6 Å². The molecule has 0 atom stereocenters. The first-order chi connectivity index (χ1) is 7.56. The van der Waals surface area contributed by atoms with Crippen LogP contribution in [0.1, 0.15) is 32.3 Å². The molecule has 0 aliphatic carbocycles. The number of rotatable bonds is 5. The van der Waals surface area contributed by atoms with Crippen molar-refractivity contribution in [2.45, 2.75) is 33.1 Å². The third kappa shape index (κ3) is 3.11. The van der Waals surface area contributed by atoms with Crippen molar-refractivity contribution in [2.24, 2.45) is 5.41 Å². The Bertz CT molecular complexity index is 338. The molecule has 0 aromatic heterocycles. The third-order valence-electron chi connectivity index (χ3n) is 3.36. The Labute approximate surface area is 107 Å². The maximum atomic E-state index is 12.9. The molecule has 1 aromatic carbocycles. The van der Waals surface area contributed by atoms with Crippen molar-refractivity contribution < 1.29 is 4.39 Å². The quantitative estimate of drug-likeness (QED) is 0.651. The minimum absolute atomic E-state index is 0.0724. The van der Waals surface area contributed by atoms with E-state index in [1.54, 1.807) is 6.07 Å². The van der Waals surface area contributed by atoms with Gasteiger partial charge in [0.05, 0.1) is 0 Å². The summed E-state index contributed by atoms with van der Waals surface area (Å²) in [6.45, 7) is 4.26. The average Bonchev–Trinajstić information content (AvgIpc) is 2.29. The molecule has 0 spiro atoms. The van der Waals surface area contributed by atoms with Gasteiger partial charge in [0, 0.05) is 10.9 Å². The lowest BCUT2D eigenvalue weighted by atomic mass is 9.79. The Morgan fingerprint density at radius 1 is 1.25 bits per heavy atom. The third-order valence-corrected chi connectivity index (χ3v) is 4.28. The van der Waals surface area contributed by atoms with Crippen LogP contribution in [0.2, 0.25) is 5.02 Å². The standard InChI is InChI=1S/C13H17Cl2F/c1-3-13(4-2,9-14)8-10-5-6-11(16)7-12(10)15/h5-7H,3-4,8-9H2,1-2H3. The molecule has 0 nitrogen and oxygen atoms in total. The predicted molar refractivity (Wildman–Crippen MR) is 68.8 cm³/mol. The summed E-state index contributed by atoms with van der Waals surface area (Å²) in [6.07, 6.45) is 2.81. The fraction of sp³-hybridized carbons (Fsp3) is 0.538. The van der Waals surface area contributed by atoms with Crippen molar-refractivity contribution in [1.82, 2.24) is 0 Å². The highest BCUT2D eigenvalue weighted by Gasteiger charge is 2.26. The zero-order valence-electron chi connectivity index (χ0n) is 9.69. The van der Waals surface area contributed by atoms with Crippen LogP contribution in [0.3, 0.4) is 0 Å². The average molecular weight is 263 g/mol. The molecule has 1 rings (SSSR count). The van der Waals surface area contributed by atoms with Gasteiger partial charge in [0.1, 0.15) is 5.82 Å². The lowest BCUT2D eigenvalue weighted by Crippen LogP contribution is -2.24. The van der Waals surface area contributed by atoms with Crippen LogP contribution in [0.5, 0.6) is 0 Å². The Morgan fingerprint density at radius 3 is 2.31 bits per heavy atom. The highest BCUT2D eigenvalue weighted by atomic mass is 35.5. The Kier molecular flexibility index (Phi) is 5.07. The van der Waals surface area contributed by atoms with E-state index in [0.717, 1.165) is 24.8 Å². The molecule has 0 unspecified atom stereocenters. The summed E-state index contributed by atoms with van der Waals surface area (Å²) < 4.78 is 12.9. The number of alkyl halides is 1. The lowest BCUT2D eigenvalue weighted by molar-refractivity contribution is 0.302. The molecule has 0 heterocycles. The highest BCUT2D eigenvalue weighted by Crippen LogP contribution is 2.34. The summed E-state index contributed by atoms with van der Waals surface area (Å²) in [5, 5.41) is 0.497. The van der Waals surface area contributed by atoms with E-state index in [1.807, 2.05) is 0 Å². The summed E-state index contributed by atoms with van der Waals surface area (Å²) in [4.78, 5) is 0. The van der Waals surface area contributed by atoms with Gasteiger partial charge in [-0.3, -0.25) is 0 Å². The fourth-order valence-electron chi connectivity index (χ4n) is 1.81. The molecule has 0 amide bonds. The second-order valence-corrected chi connectivity index (χ2v) is 4.93. The van der Waals surface area contributed by atoms with E-state index >= 15 is 0 Å². The largest absolute Gasteiger partial charge is 0.207 e. The molecule has 0 saturated heterocycles. The summed E-state index contributed by atoms with van der Waals surface area (Å²) in [5.41, 5.74) is 1.05. The summed E-state index contributed by atoms with van der Waals surface area (Å²) in [5.74, 6) is 0.312. The first kappa shape index (κ1) is 13.8. The topological polar surface area (TPSA) is 0 Å². The van der Waals surface area contributed by atoms with Crippen molar-refractivity contribution in [3.8, 4) is 0 Å². The normalized spacial score (nSPS) is 11.8. The van der Waals surface area contributed by atoms with E-state index in [9.17, 15) is 4.39 Å². The predicted octanol–water partition coefficient (Wildman–Crippen LogP) is 5.07. The van der Waals surface area contributed by atoms with Gasteiger partial charge in [-0.25, -0.2) is 4.39 Å². The molecule has 0 saturated carbocycles. The van der Waals surface area contributed by atoms with E-state index < -0.39 is 0 Å². The zero-order valence-corrected chi connectivity index (χ0v) is 11.2. The molecule has 16 heavy (non-hydrogen) atoms. The van der Waals surface area contributed by atoms with Crippen molar-refractivity contribution >= 4 is 23.2 Å². The van der Waals surface area contributed by atoms with Crippen LogP contribution in [0.25, 0.3) is 0 Å². The van der Waals surface area contributed by atoms with Gasteiger partial charge in [-0.1, -0.05) is 31.5 Å². The van der Waals surface area contributed by atoms with E-state index in [4.69, 9.17) is 23.2 Å². The van der Waals surface area contributed by atoms with Crippen molar-refractivity contribution in [3.05, 3.63) is 34.6 Å². The first-order valence-corrected chi connectivity index (χ1v) is 6.48. The summed E-state index contributed by atoms with van der Waals surface area (Å²) in [7, 11) is 0. The molecule has 0 N–H and O–H groups in total. The Balaban J connectivity index is 2.93. The van der Waals surface area contributed by atoms with E-state index in [2.05, 4.69) is 13.8 Å². The van der Waals surface area contributed by atoms with Crippen LogP contribution in [0.4, 0.5) is 4.39 Å². The zero-order chi connectivity index (χ0) is 12.2. The Hall–Kier alpha value is -0.270. The molecular formula is C13H17Cl2F. The van der Waals surface area contributed by atoms with Crippen molar-refractivity contribution in [2.75, 3.05) is 5.88 Å². The smallest absolute Gasteiger partial charge is 0.124 e. The number of hydrogen-bond donors (Lipinski definition) is 0. The van der Waals surface area contributed by atoms with Gasteiger partial charge >= 0.3 is 0 Å². The van der Waals surface area contributed by atoms with Gasteiger partial charge < -0.3 is 0 Å². The summed E-state index contributed by atoms with van der Waals surface area (Å²) >= 11 is 12.1. The minimum Gasteiger partial charge on any atom is -0.207 e. The second-order valence-electron chi connectivity index (χ2n) is 4.25.